The molecular formula is C29H30N2O2. The normalized spacial score (nSPS) is 20.5. The number of carbonyl (C=O) groups is 1. The Kier molecular flexibility index (Phi) is 6.16. The van der Waals surface area contributed by atoms with Crippen molar-refractivity contribution in [1.29, 1.82) is 0 Å². The van der Waals surface area contributed by atoms with Crippen molar-refractivity contribution in [3.05, 3.63) is 102 Å². The number of hydrogen-bond donors (Lipinski definition) is 2. The van der Waals surface area contributed by atoms with Gasteiger partial charge in [-0.1, -0.05) is 60.7 Å². The zero-order valence-electron chi connectivity index (χ0n) is 19.0. The monoisotopic (exact) mass is 438 g/mol. The van der Waals surface area contributed by atoms with Crippen LogP contribution in [0, 0.1) is 5.92 Å². The number of para-hydroxylation sites is 1. The summed E-state index contributed by atoms with van der Waals surface area (Å²) in [6.45, 7) is 2.68. The molecule has 3 unspecified atom stereocenters. The second-order valence-electron chi connectivity index (χ2n) is 8.78. The van der Waals surface area contributed by atoms with Gasteiger partial charge in [0.1, 0.15) is 5.75 Å². The molecule has 0 radical (unpaired) electrons. The minimum Gasteiger partial charge on any atom is -0.494 e. The van der Waals surface area contributed by atoms with Crippen molar-refractivity contribution in [2.75, 3.05) is 17.2 Å². The number of anilines is 2. The molecule has 0 bridgehead atoms. The van der Waals surface area contributed by atoms with E-state index in [0.29, 0.717) is 24.9 Å². The van der Waals surface area contributed by atoms with E-state index in [4.69, 9.17) is 4.74 Å². The standard InChI is InChI=1S/C29H30N2O2/c1-2-33-27-14-7-6-11-24(27)29-23-13-8-12-22(23)25-19-21(16-17-26(25)31-29)30-28(32)18-15-20-9-4-3-5-10-20/h3-12,14,16-17,19,22-23,29,31H,2,13,15,18H2,1H3,(H,30,32). The first-order valence-corrected chi connectivity index (χ1v) is 11.9. The summed E-state index contributed by atoms with van der Waals surface area (Å²) < 4.78 is 5.94. The Morgan fingerprint density at radius 2 is 1.85 bits per heavy atom. The zero-order chi connectivity index (χ0) is 22.6. The minimum absolute atomic E-state index is 0.0459. The molecule has 3 atom stereocenters. The number of hydrogen-bond acceptors (Lipinski definition) is 3. The molecule has 5 rings (SSSR count). The summed E-state index contributed by atoms with van der Waals surface area (Å²) in [4.78, 5) is 12.6. The molecule has 0 saturated carbocycles. The third-order valence-corrected chi connectivity index (χ3v) is 6.68. The molecule has 1 amide bonds. The Labute approximate surface area is 195 Å². The van der Waals surface area contributed by atoms with Gasteiger partial charge in [-0.25, -0.2) is 0 Å². The predicted molar refractivity (Wildman–Crippen MR) is 134 cm³/mol. The summed E-state index contributed by atoms with van der Waals surface area (Å²) in [6.07, 6.45) is 6.85. The molecule has 0 saturated heterocycles. The predicted octanol–water partition coefficient (Wildman–Crippen LogP) is 6.48. The van der Waals surface area contributed by atoms with E-state index in [0.717, 1.165) is 30.0 Å². The highest BCUT2D eigenvalue weighted by Crippen LogP contribution is 2.51. The van der Waals surface area contributed by atoms with Gasteiger partial charge in [-0.3, -0.25) is 4.79 Å². The number of amides is 1. The molecule has 1 heterocycles. The summed E-state index contributed by atoms with van der Waals surface area (Å²) in [5.41, 5.74) is 5.63. The van der Waals surface area contributed by atoms with E-state index in [1.54, 1.807) is 0 Å². The van der Waals surface area contributed by atoms with Gasteiger partial charge in [-0.2, -0.15) is 0 Å². The third-order valence-electron chi connectivity index (χ3n) is 6.68. The number of benzene rings is 3. The Bertz CT molecular complexity index is 1160. The van der Waals surface area contributed by atoms with Crippen molar-refractivity contribution in [2.24, 2.45) is 5.92 Å². The maximum Gasteiger partial charge on any atom is 0.224 e. The van der Waals surface area contributed by atoms with Crippen LogP contribution in [0.4, 0.5) is 11.4 Å². The summed E-state index contributed by atoms with van der Waals surface area (Å²) in [5, 5.41) is 6.88. The minimum atomic E-state index is 0.0459. The molecule has 0 fully saturated rings. The lowest BCUT2D eigenvalue weighted by Gasteiger charge is -2.38. The number of fused-ring (bicyclic) bond motifs is 3. The number of aryl methyl sites for hydroxylation is 1. The van der Waals surface area contributed by atoms with Crippen molar-refractivity contribution >= 4 is 17.3 Å². The lowest BCUT2D eigenvalue weighted by Crippen LogP contribution is -2.29. The summed E-state index contributed by atoms with van der Waals surface area (Å²) in [5.74, 6) is 1.74. The van der Waals surface area contributed by atoms with Crippen LogP contribution >= 0.6 is 0 Å². The smallest absolute Gasteiger partial charge is 0.224 e. The van der Waals surface area contributed by atoms with Crippen LogP contribution in [0.15, 0.2) is 84.9 Å². The van der Waals surface area contributed by atoms with Crippen LogP contribution in [0.2, 0.25) is 0 Å². The van der Waals surface area contributed by atoms with E-state index in [9.17, 15) is 4.79 Å². The second-order valence-corrected chi connectivity index (χ2v) is 8.78. The summed E-state index contributed by atoms with van der Waals surface area (Å²) in [7, 11) is 0. The summed E-state index contributed by atoms with van der Waals surface area (Å²) in [6, 6.07) is 24.9. The van der Waals surface area contributed by atoms with Crippen LogP contribution in [0.5, 0.6) is 5.75 Å². The van der Waals surface area contributed by atoms with E-state index in [1.165, 1.54) is 16.7 Å². The molecule has 4 heteroatoms. The largest absolute Gasteiger partial charge is 0.494 e. The van der Waals surface area contributed by atoms with Crippen LogP contribution in [0.3, 0.4) is 0 Å². The Hall–Kier alpha value is -3.53. The van der Waals surface area contributed by atoms with Crippen LogP contribution in [-0.4, -0.2) is 12.5 Å². The van der Waals surface area contributed by atoms with Crippen LogP contribution in [0.25, 0.3) is 0 Å². The fraction of sp³-hybridized carbons (Fsp3) is 0.276. The molecule has 2 aliphatic rings. The molecule has 0 spiro atoms. The fourth-order valence-electron chi connectivity index (χ4n) is 5.13. The van der Waals surface area contributed by atoms with Gasteiger partial charge in [0.15, 0.2) is 0 Å². The van der Waals surface area contributed by atoms with Crippen LogP contribution in [-0.2, 0) is 11.2 Å². The highest BCUT2D eigenvalue weighted by Gasteiger charge is 2.39. The van der Waals surface area contributed by atoms with E-state index in [1.807, 2.05) is 37.3 Å². The highest BCUT2D eigenvalue weighted by molar-refractivity contribution is 5.91. The van der Waals surface area contributed by atoms with Gasteiger partial charge in [0.2, 0.25) is 5.91 Å². The van der Waals surface area contributed by atoms with Crippen molar-refractivity contribution in [2.45, 2.75) is 38.1 Å². The number of ether oxygens (including phenoxy) is 1. The molecule has 4 nitrogen and oxygen atoms in total. The molecular weight excluding hydrogens is 408 g/mol. The maximum atomic E-state index is 12.6. The average molecular weight is 439 g/mol. The Morgan fingerprint density at radius 1 is 1.03 bits per heavy atom. The molecule has 2 N–H and O–H groups in total. The van der Waals surface area contributed by atoms with Gasteiger partial charge in [0.05, 0.1) is 12.6 Å². The number of allylic oxidation sites excluding steroid dienone is 2. The molecule has 3 aromatic rings. The first-order chi connectivity index (χ1) is 16.2. The molecule has 33 heavy (non-hydrogen) atoms. The lowest BCUT2D eigenvalue weighted by molar-refractivity contribution is -0.116. The summed E-state index contributed by atoms with van der Waals surface area (Å²) >= 11 is 0. The lowest BCUT2D eigenvalue weighted by atomic mass is 9.76. The van der Waals surface area contributed by atoms with Crippen molar-refractivity contribution in [1.82, 2.24) is 0 Å². The van der Waals surface area contributed by atoms with Crippen LogP contribution in [0.1, 0.15) is 48.4 Å². The van der Waals surface area contributed by atoms with E-state index in [-0.39, 0.29) is 11.9 Å². The Balaban J connectivity index is 1.34. The molecule has 0 aromatic heterocycles. The number of carbonyl (C=O) groups excluding carboxylic acids is 1. The van der Waals surface area contributed by atoms with Crippen LogP contribution < -0.4 is 15.4 Å². The number of nitrogens with one attached hydrogen (secondary N) is 2. The molecule has 168 valence electrons. The van der Waals surface area contributed by atoms with E-state index in [2.05, 4.69) is 65.3 Å². The Morgan fingerprint density at radius 3 is 2.70 bits per heavy atom. The first-order valence-electron chi connectivity index (χ1n) is 11.9. The van der Waals surface area contributed by atoms with Gasteiger partial charge >= 0.3 is 0 Å². The zero-order valence-corrected chi connectivity index (χ0v) is 19.0. The van der Waals surface area contributed by atoms with Gasteiger partial charge in [-0.15, -0.1) is 0 Å². The highest BCUT2D eigenvalue weighted by atomic mass is 16.5. The maximum absolute atomic E-state index is 12.6. The van der Waals surface area contributed by atoms with Gasteiger partial charge in [0, 0.05) is 29.3 Å². The van der Waals surface area contributed by atoms with Crippen molar-refractivity contribution < 1.29 is 9.53 Å². The van der Waals surface area contributed by atoms with Gasteiger partial charge in [-0.05, 0) is 61.1 Å². The van der Waals surface area contributed by atoms with E-state index >= 15 is 0 Å². The topological polar surface area (TPSA) is 50.4 Å². The molecule has 1 aliphatic heterocycles. The van der Waals surface area contributed by atoms with Crippen molar-refractivity contribution in [3.8, 4) is 5.75 Å². The number of rotatable bonds is 7. The first kappa shape index (κ1) is 21.3. The third kappa shape index (κ3) is 4.51. The van der Waals surface area contributed by atoms with E-state index < -0.39 is 0 Å². The molecule has 1 aliphatic carbocycles. The second kappa shape index (κ2) is 9.53. The molecule has 3 aromatic carbocycles. The quantitative estimate of drug-likeness (QED) is 0.415. The fourth-order valence-corrected chi connectivity index (χ4v) is 5.13. The average Bonchev–Trinajstić information content (AvgIpc) is 3.34. The van der Waals surface area contributed by atoms with Gasteiger partial charge < -0.3 is 15.4 Å². The van der Waals surface area contributed by atoms with Gasteiger partial charge in [0.25, 0.3) is 0 Å². The SMILES string of the molecule is CCOc1ccccc1C1Nc2ccc(NC(=O)CCc3ccccc3)cc2C2C=CCC21. The van der Waals surface area contributed by atoms with Crippen molar-refractivity contribution in [3.63, 3.8) is 0 Å².